The molecular weight excluding hydrogens is 478 g/mol. The summed E-state index contributed by atoms with van der Waals surface area (Å²) in [5, 5.41) is -0.315. The van der Waals surface area contributed by atoms with E-state index in [2.05, 4.69) is 0 Å². The second-order valence-corrected chi connectivity index (χ2v) is 8.91. The van der Waals surface area contributed by atoms with Gasteiger partial charge in [0.05, 0.1) is 18.6 Å². The SMILES string of the molecule is COc1cc(/C=C2\SC(=O)N(CCOc3cccc(C)c3)C2=O)ccc1OCCOc1ccccc1. The molecule has 1 aliphatic heterocycles. The van der Waals surface area contributed by atoms with E-state index in [9.17, 15) is 9.59 Å². The molecule has 36 heavy (non-hydrogen) atoms. The van der Waals surface area contributed by atoms with Gasteiger partial charge in [0, 0.05) is 0 Å². The maximum Gasteiger partial charge on any atom is 0.293 e. The quantitative estimate of drug-likeness (QED) is 0.249. The van der Waals surface area contributed by atoms with Crippen molar-refractivity contribution in [3.8, 4) is 23.0 Å². The van der Waals surface area contributed by atoms with Crippen LogP contribution in [-0.4, -0.2) is 49.5 Å². The van der Waals surface area contributed by atoms with Gasteiger partial charge in [0.25, 0.3) is 11.1 Å². The maximum absolute atomic E-state index is 12.8. The summed E-state index contributed by atoms with van der Waals surface area (Å²) in [4.78, 5) is 26.8. The van der Waals surface area contributed by atoms with Crippen LogP contribution in [0.5, 0.6) is 23.0 Å². The smallest absolute Gasteiger partial charge is 0.293 e. The Balaban J connectivity index is 1.33. The number of methoxy groups -OCH3 is 1. The predicted octanol–water partition coefficient (Wildman–Crippen LogP) is 5.58. The predicted molar refractivity (Wildman–Crippen MR) is 140 cm³/mol. The number of aryl methyl sites for hydroxylation is 1. The average Bonchev–Trinajstić information content (AvgIpc) is 3.15. The van der Waals surface area contributed by atoms with Crippen molar-refractivity contribution >= 4 is 29.0 Å². The zero-order valence-electron chi connectivity index (χ0n) is 20.1. The van der Waals surface area contributed by atoms with Crippen LogP contribution in [0, 0.1) is 6.92 Å². The zero-order chi connectivity index (χ0) is 25.3. The number of para-hydroxylation sites is 1. The van der Waals surface area contributed by atoms with E-state index in [4.69, 9.17) is 18.9 Å². The third-order valence-corrected chi connectivity index (χ3v) is 6.19. The number of carbonyl (C=O) groups excluding carboxylic acids is 2. The fourth-order valence-electron chi connectivity index (χ4n) is 3.53. The van der Waals surface area contributed by atoms with Crippen molar-refractivity contribution in [3.05, 3.63) is 88.8 Å². The summed E-state index contributed by atoms with van der Waals surface area (Å²) in [6.45, 7) is 3.10. The van der Waals surface area contributed by atoms with Gasteiger partial charge in [-0.15, -0.1) is 0 Å². The molecule has 0 bridgehead atoms. The molecule has 4 rings (SSSR count). The van der Waals surface area contributed by atoms with Crippen LogP contribution in [0.4, 0.5) is 4.79 Å². The van der Waals surface area contributed by atoms with Crippen molar-refractivity contribution in [1.29, 1.82) is 0 Å². The summed E-state index contributed by atoms with van der Waals surface area (Å²) in [5.41, 5.74) is 1.80. The monoisotopic (exact) mass is 505 g/mol. The summed E-state index contributed by atoms with van der Waals surface area (Å²) in [6, 6.07) is 22.5. The van der Waals surface area contributed by atoms with Crippen molar-refractivity contribution in [3.63, 3.8) is 0 Å². The lowest BCUT2D eigenvalue weighted by atomic mass is 10.2. The molecule has 1 heterocycles. The topological polar surface area (TPSA) is 74.3 Å². The first-order chi connectivity index (χ1) is 17.5. The molecule has 1 saturated heterocycles. The molecule has 0 N–H and O–H groups in total. The third-order valence-electron chi connectivity index (χ3n) is 5.29. The van der Waals surface area contributed by atoms with Crippen LogP contribution in [0.2, 0.25) is 0 Å². The van der Waals surface area contributed by atoms with Crippen molar-refractivity contribution in [1.82, 2.24) is 4.90 Å². The van der Waals surface area contributed by atoms with Crippen LogP contribution in [0.3, 0.4) is 0 Å². The molecule has 0 radical (unpaired) electrons. The summed E-state index contributed by atoms with van der Waals surface area (Å²) in [6.07, 6.45) is 1.68. The average molecular weight is 506 g/mol. The van der Waals surface area contributed by atoms with Gasteiger partial charge in [-0.2, -0.15) is 0 Å². The highest BCUT2D eigenvalue weighted by Gasteiger charge is 2.34. The molecule has 2 amide bonds. The van der Waals surface area contributed by atoms with Gasteiger partial charge in [0.15, 0.2) is 11.5 Å². The number of thioether (sulfide) groups is 1. The van der Waals surface area contributed by atoms with E-state index in [1.54, 1.807) is 25.3 Å². The Bertz CT molecular complexity index is 1240. The Morgan fingerprint density at radius 1 is 0.806 bits per heavy atom. The molecule has 0 atom stereocenters. The van der Waals surface area contributed by atoms with E-state index in [1.807, 2.05) is 67.6 Å². The lowest BCUT2D eigenvalue weighted by Gasteiger charge is -2.13. The minimum Gasteiger partial charge on any atom is -0.493 e. The largest absolute Gasteiger partial charge is 0.493 e. The van der Waals surface area contributed by atoms with E-state index in [0.29, 0.717) is 35.4 Å². The highest BCUT2D eigenvalue weighted by Crippen LogP contribution is 2.34. The van der Waals surface area contributed by atoms with E-state index in [-0.39, 0.29) is 24.3 Å². The highest BCUT2D eigenvalue weighted by molar-refractivity contribution is 8.18. The molecule has 0 spiro atoms. The number of amides is 2. The molecular formula is C28H27NO6S. The van der Waals surface area contributed by atoms with Crippen LogP contribution in [0.1, 0.15) is 11.1 Å². The molecule has 1 fully saturated rings. The molecule has 8 heteroatoms. The molecule has 186 valence electrons. The molecule has 0 unspecified atom stereocenters. The first-order valence-electron chi connectivity index (χ1n) is 11.5. The van der Waals surface area contributed by atoms with E-state index >= 15 is 0 Å². The standard InChI is InChI=1S/C28H27NO6S/c1-20-7-6-10-23(17-20)33-14-13-29-27(30)26(36-28(29)31)19-21-11-12-24(25(18-21)32-2)35-16-15-34-22-8-4-3-5-9-22/h3-12,17-19H,13-16H2,1-2H3/b26-19-. The molecule has 3 aromatic carbocycles. The van der Waals surface area contributed by atoms with Crippen LogP contribution in [-0.2, 0) is 4.79 Å². The van der Waals surface area contributed by atoms with Gasteiger partial charge < -0.3 is 18.9 Å². The molecule has 0 aliphatic carbocycles. The van der Waals surface area contributed by atoms with Crippen LogP contribution in [0.25, 0.3) is 6.08 Å². The number of hydrogen-bond donors (Lipinski definition) is 0. The second kappa shape index (κ2) is 12.2. The Labute approximate surface area is 214 Å². The lowest BCUT2D eigenvalue weighted by Crippen LogP contribution is -2.32. The van der Waals surface area contributed by atoms with E-state index < -0.39 is 0 Å². The van der Waals surface area contributed by atoms with Crippen molar-refractivity contribution in [2.24, 2.45) is 0 Å². The van der Waals surface area contributed by atoms with Crippen molar-refractivity contribution < 1.29 is 28.5 Å². The Morgan fingerprint density at radius 2 is 1.56 bits per heavy atom. The summed E-state index contributed by atoms with van der Waals surface area (Å²) in [7, 11) is 1.55. The first kappa shape index (κ1) is 25.2. The van der Waals surface area contributed by atoms with Crippen molar-refractivity contribution in [2.45, 2.75) is 6.92 Å². The van der Waals surface area contributed by atoms with Crippen molar-refractivity contribution in [2.75, 3.05) is 33.5 Å². The van der Waals surface area contributed by atoms with Gasteiger partial charge in [-0.05, 0) is 72.3 Å². The number of rotatable bonds is 11. The fraction of sp³-hybridized carbons (Fsp3) is 0.214. The molecule has 7 nitrogen and oxygen atoms in total. The maximum atomic E-state index is 12.8. The van der Waals surface area contributed by atoms with Crippen LogP contribution >= 0.6 is 11.8 Å². The van der Waals surface area contributed by atoms with Gasteiger partial charge in [-0.25, -0.2) is 0 Å². The minimum absolute atomic E-state index is 0.178. The van der Waals surface area contributed by atoms with Gasteiger partial charge in [0.2, 0.25) is 0 Å². The van der Waals surface area contributed by atoms with Crippen LogP contribution < -0.4 is 18.9 Å². The van der Waals surface area contributed by atoms with Gasteiger partial charge >= 0.3 is 0 Å². The minimum atomic E-state index is -0.338. The summed E-state index contributed by atoms with van der Waals surface area (Å²) in [5.74, 6) is 2.23. The van der Waals surface area contributed by atoms with Crippen LogP contribution in [0.15, 0.2) is 77.7 Å². The van der Waals surface area contributed by atoms with E-state index in [0.717, 1.165) is 28.6 Å². The molecule has 1 aliphatic rings. The first-order valence-corrected chi connectivity index (χ1v) is 12.3. The Morgan fingerprint density at radius 3 is 2.33 bits per heavy atom. The van der Waals surface area contributed by atoms with Gasteiger partial charge in [0.1, 0.15) is 31.3 Å². The number of nitrogens with zero attached hydrogens (tertiary/aromatic N) is 1. The Hall–Kier alpha value is -3.91. The Kier molecular flexibility index (Phi) is 8.52. The van der Waals surface area contributed by atoms with Gasteiger partial charge in [-0.3, -0.25) is 14.5 Å². The number of ether oxygens (including phenoxy) is 4. The number of imide groups is 1. The molecule has 3 aromatic rings. The summed E-state index contributed by atoms with van der Waals surface area (Å²) >= 11 is 0.912. The van der Waals surface area contributed by atoms with E-state index in [1.165, 1.54) is 4.90 Å². The third kappa shape index (κ3) is 6.60. The number of hydrogen-bond acceptors (Lipinski definition) is 7. The van der Waals surface area contributed by atoms with Gasteiger partial charge in [-0.1, -0.05) is 36.4 Å². The number of carbonyl (C=O) groups is 2. The molecule has 0 saturated carbocycles. The summed E-state index contributed by atoms with van der Waals surface area (Å²) < 4.78 is 22.6. The zero-order valence-corrected chi connectivity index (χ0v) is 21.0. The fourth-order valence-corrected chi connectivity index (χ4v) is 4.39. The second-order valence-electron chi connectivity index (χ2n) is 7.92. The highest BCUT2D eigenvalue weighted by atomic mass is 32.2. The lowest BCUT2D eigenvalue weighted by molar-refractivity contribution is -0.123. The molecule has 0 aromatic heterocycles. The number of benzene rings is 3. The normalized spacial score (nSPS) is 14.3.